The number of benzene rings is 2. The Labute approximate surface area is 121 Å². The molecule has 104 valence electrons. The van der Waals surface area contributed by atoms with Gasteiger partial charge in [-0.05, 0) is 36.4 Å². The van der Waals surface area contributed by atoms with E-state index in [1.165, 1.54) is 0 Å². The van der Waals surface area contributed by atoms with Gasteiger partial charge >= 0.3 is 0 Å². The monoisotopic (exact) mass is 280 g/mol. The SMILES string of the molecule is N#Cc1ccc(NC(=O)C2COc3ccccc3O2)cc1. The molecule has 5 nitrogen and oxygen atoms in total. The van der Waals surface area contributed by atoms with Crippen molar-refractivity contribution in [3.63, 3.8) is 0 Å². The van der Waals surface area contributed by atoms with Crippen LogP contribution >= 0.6 is 0 Å². The normalized spacial score (nSPS) is 15.9. The number of para-hydroxylation sites is 2. The number of nitriles is 1. The number of nitrogens with one attached hydrogen (secondary N) is 1. The first kappa shape index (κ1) is 13.0. The molecule has 2 aromatic rings. The van der Waals surface area contributed by atoms with Crippen LogP contribution in [-0.4, -0.2) is 18.6 Å². The molecule has 2 aromatic carbocycles. The largest absolute Gasteiger partial charge is 0.485 e. The third-order valence-electron chi connectivity index (χ3n) is 3.08. The summed E-state index contributed by atoms with van der Waals surface area (Å²) in [4.78, 5) is 12.2. The maximum absolute atomic E-state index is 12.2. The summed E-state index contributed by atoms with van der Waals surface area (Å²) in [6.07, 6.45) is -0.699. The van der Waals surface area contributed by atoms with Crippen molar-refractivity contribution in [3.8, 4) is 17.6 Å². The Balaban J connectivity index is 1.68. The molecule has 0 aromatic heterocycles. The maximum Gasteiger partial charge on any atom is 0.269 e. The lowest BCUT2D eigenvalue weighted by Crippen LogP contribution is -2.40. The third kappa shape index (κ3) is 2.79. The fraction of sp³-hybridized carbons (Fsp3) is 0.125. The van der Waals surface area contributed by atoms with Crippen molar-refractivity contribution < 1.29 is 14.3 Å². The summed E-state index contributed by atoms with van der Waals surface area (Å²) < 4.78 is 11.1. The molecule has 0 aliphatic carbocycles. The van der Waals surface area contributed by atoms with E-state index in [2.05, 4.69) is 5.32 Å². The molecule has 3 rings (SSSR count). The van der Waals surface area contributed by atoms with Crippen LogP contribution < -0.4 is 14.8 Å². The van der Waals surface area contributed by atoms with Gasteiger partial charge < -0.3 is 14.8 Å². The molecule has 0 spiro atoms. The summed E-state index contributed by atoms with van der Waals surface area (Å²) in [7, 11) is 0. The summed E-state index contributed by atoms with van der Waals surface area (Å²) in [5, 5.41) is 11.5. The fourth-order valence-electron chi connectivity index (χ4n) is 2.00. The molecule has 21 heavy (non-hydrogen) atoms. The van der Waals surface area contributed by atoms with Crippen LogP contribution in [-0.2, 0) is 4.79 Å². The number of anilines is 1. The number of hydrogen-bond acceptors (Lipinski definition) is 4. The lowest BCUT2D eigenvalue weighted by molar-refractivity contribution is -0.125. The summed E-state index contributed by atoms with van der Waals surface area (Å²) in [6, 6.07) is 15.9. The first-order valence-electron chi connectivity index (χ1n) is 6.46. The average Bonchev–Trinajstić information content (AvgIpc) is 2.55. The van der Waals surface area contributed by atoms with Gasteiger partial charge in [-0.15, -0.1) is 0 Å². The highest BCUT2D eigenvalue weighted by atomic mass is 16.6. The van der Waals surface area contributed by atoms with E-state index in [4.69, 9.17) is 14.7 Å². The molecule has 1 atom stereocenters. The zero-order valence-corrected chi connectivity index (χ0v) is 11.1. The van der Waals surface area contributed by atoms with E-state index in [9.17, 15) is 4.79 Å². The van der Waals surface area contributed by atoms with Crippen molar-refractivity contribution in [2.24, 2.45) is 0 Å². The predicted octanol–water partition coefficient (Wildman–Crippen LogP) is 2.34. The van der Waals surface area contributed by atoms with Gasteiger partial charge in [0.1, 0.15) is 6.61 Å². The lowest BCUT2D eigenvalue weighted by Gasteiger charge is -2.25. The van der Waals surface area contributed by atoms with Crippen molar-refractivity contribution in [1.29, 1.82) is 5.26 Å². The highest BCUT2D eigenvalue weighted by molar-refractivity contribution is 5.94. The molecule has 0 bridgehead atoms. The van der Waals surface area contributed by atoms with Crippen LogP contribution in [0.2, 0.25) is 0 Å². The van der Waals surface area contributed by atoms with Crippen molar-refractivity contribution in [3.05, 3.63) is 54.1 Å². The number of hydrogen-bond donors (Lipinski definition) is 1. The molecule has 0 saturated carbocycles. The van der Waals surface area contributed by atoms with Gasteiger partial charge in [-0.25, -0.2) is 0 Å². The number of carbonyl (C=O) groups excluding carboxylic acids is 1. The van der Waals surface area contributed by atoms with Crippen LogP contribution in [0, 0.1) is 11.3 Å². The van der Waals surface area contributed by atoms with Crippen LogP contribution in [0.1, 0.15) is 5.56 Å². The third-order valence-corrected chi connectivity index (χ3v) is 3.08. The van der Waals surface area contributed by atoms with Crippen LogP contribution in [0.25, 0.3) is 0 Å². The van der Waals surface area contributed by atoms with Gasteiger partial charge in [0.05, 0.1) is 11.6 Å². The second-order valence-electron chi connectivity index (χ2n) is 4.54. The molecule has 0 radical (unpaired) electrons. The number of nitrogens with zero attached hydrogens (tertiary/aromatic N) is 1. The molecule has 0 saturated heterocycles. The molecule has 1 unspecified atom stereocenters. The molecule has 5 heteroatoms. The zero-order chi connectivity index (χ0) is 14.7. The van der Waals surface area contributed by atoms with Crippen molar-refractivity contribution in [2.45, 2.75) is 6.10 Å². The Bertz CT molecular complexity index is 704. The predicted molar refractivity (Wildman–Crippen MR) is 76.1 cm³/mol. The smallest absolute Gasteiger partial charge is 0.269 e. The highest BCUT2D eigenvalue weighted by Gasteiger charge is 2.27. The van der Waals surface area contributed by atoms with E-state index in [1.807, 2.05) is 18.2 Å². The number of ether oxygens (including phenoxy) is 2. The van der Waals surface area contributed by atoms with E-state index >= 15 is 0 Å². The maximum atomic E-state index is 12.2. The Morgan fingerprint density at radius 1 is 1.14 bits per heavy atom. The van der Waals surface area contributed by atoms with Gasteiger partial charge in [0.15, 0.2) is 11.5 Å². The fourth-order valence-corrected chi connectivity index (χ4v) is 2.00. The second kappa shape index (κ2) is 5.55. The molecule has 0 fully saturated rings. The first-order valence-corrected chi connectivity index (χ1v) is 6.46. The molecular formula is C16H12N2O3. The van der Waals surface area contributed by atoms with Gasteiger partial charge in [-0.1, -0.05) is 12.1 Å². The van der Waals surface area contributed by atoms with Gasteiger partial charge in [-0.2, -0.15) is 5.26 Å². The number of rotatable bonds is 2. The Morgan fingerprint density at radius 2 is 1.86 bits per heavy atom. The van der Waals surface area contributed by atoms with Gasteiger partial charge in [0.2, 0.25) is 6.10 Å². The van der Waals surface area contributed by atoms with Crippen molar-refractivity contribution >= 4 is 11.6 Å². The van der Waals surface area contributed by atoms with Crippen molar-refractivity contribution in [2.75, 3.05) is 11.9 Å². The van der Waals surface area contributed by atoms with Crippen LogP contribution in [0.4, 0.5) is 5.69 Å². The average molecular weight is 280 g/mol. The van der Waals surface area contributed by atoms with Gasteiger partial charge in [0.25, 0.3) is 5.91 Å². The minimum Gasteiger partial charge on any atom is -0.485 e. The number of fused-ring (bicyclic) bond motifs is 1. The Hall–Kier alpha value is -3.00. The number of carbonyl (C=O) groups is 1. The quantitative estimate of drug-likeness (QED) is 0.916. The molecule has 1 aliphatic rings. The zero-order valence-electron chi connectivity index (χ0n) is 11.1. The first-order chi connectivity index (χ1) is 10.3. The summed E-state index contributed by atoms with van der Waals surface area (Å²) in [6.45, 7) is 0.166. The summed E-state index contributed by atoms with van der Waals surface area (Å²) in [5.74, 6) is 0.915. The van der Waals surface area contributed by atoms with E-state index in [-0.39, 0.29) is 12.5 Å². The molecule has 1 amide bonds. The standard InChI is InChI=1S/C16H12N2O3/c17-9-11-5-7-12(8-6-11)18-16(19)15-10-20-13-3-1-2-4-14(13)21-15/h1-8,15H,10H2,(H,18,19). The summed E-state index contributed by atoms with van der Waals surface area (Å²) >= 11 is 0. The molecule has 1 aliphatic heterocycles. The van der Waals surface area contributed by atoms with Crippen LogP contribution in [0.3, 0.4) is 0 Å². The Morgan fingerprint density at radius 3 is 2.57 bits per heavy atom. The number of amides is 1. The summed E-state index contributed by atoms with van der Waals surface area (Å²) in [5.41, 5.74) is 1.15. The molecular weight excluding hydrogens is 268 g/mol. The van der Waals surface area contributed by atoms with Crippen molar-refractivity contribution in [1.82, 2.24) is 0 Å². The van der Waals surface area contributed by atoms with E-state index in [0.717, 1.165) is 0 Å². The van der Waals surface area contributed by atoms with E-state index in [1.54, 1.807) is 36.4 Å². The second-order valence-corrected chi connectivity index (χ2v) is 4.54. The van der Waals surface area contributed by atoms with Crippen LogP contribution in [0.15, 0.2) is 48.5 Å². The van der Waals surface area contributed by atoms with E-state index < -0.39 is 6.10 Å². The topological polar surface area (TPSA) is 71.4 Å². The van der Waals surface area contributed by atoms with Gasteiger partial charge in [-0.3, -0.25) is 4.79 Å². The Kier molecular flexibility index (Phi) is 3.44. The minimum atomic E-state index is -0.699. The minimum absolute atomic E-state index is 0.166. The van der Waals surface area contributed by atoms with E-state index in [0.29, 0.717) is 22.7 Å². The molecule has 1 heterocycles. The van der Waals surface area contributed by atoms with Gasteiger partial charge in [0, 0.05) is 5.69 Å². The molecule has 1 N–H and O–H groups in total. The highest BCUT2D eigenvalue weighted by Crippen LogP contribution is 2.31. The van der Waals surface area contributed by atoms with Crippen LogP contribution in [0.5, 0.6) is 11.5 Å². The lowest BCUT2D eigenvalue weighted by atomic mass is 10.2.